The molecule has 2 aliphatic heterocycles. The molecule has 123 heavy (non-hydrogen) atoms. The van der Waals surface area contributed by atoms with Crippen molar-refractivity contribution in [3.63, 3.8) is 0 Å². The molecule has 0 aromatic heterocycles. The Morgan fingerprint density at radius 1 is 0.350 bits per heavy atom. The van der Waals surface area contributed by atoms with Crippen LogP contribution >= 0.6 is 0 Å². The molecule has 7 heteroatoms. The normalized spacial score (nSPS) is 16.9. The van der Waals surface area contributed by atoms with Crippen LogP contribution in [0.1, 0.15) is 249 Å². The maximum atomic E-state index is 14.9. The number of nitrogens with one attached hydrogen (secondary N) is 1. The summed E-state index contributed by atoms with van der Waals surface area (Å²) in [6, 6.07) is 86.9. The summed E-state index contributed by atoms with van der Waals surface area (Å²) in [5, 5.41) is 19.1. The molecule has 0 saturated carbocycles. The van der Waals surface area contributed by atoms with Crippen molar-refractivity contribution in [1.82, 2.24) is 10.2 Å². The highest BCUT2D eigenvalue weighted by Crippen LogP contribution is 2.60. The first-order valence-corrected chi connectivity index (χ1v) is 44.3. The molecule has 2 heterocycles. The summed E-state index contributed by atoms with van der Waals surface area (Å²) in [5.41, 5.74) is 28.9. The maximum Gasteiger partial charge on any atom is 0.261 e. The fourth-order valence-corrected chi connectivity index (χ4v) is 20.3. The van der Waals surface area contributed by atoms with Crippen molar-refractivity contribution in [1.29, 1.82) is 5.26 Å². The number of carbonyl (C=O) groups excluding carboxylic acids is 4. The summed E-state index contributed by atoms with van der Waals surface area (Å²) in [6.07, 6.45) is 33.1. The Balaban J connectivity index is 0.563. The molecular weight excluding hydrogens is 1500 g/mol. The molecule has 606 valence electrons. The first-order valence-electron chi connectivity index (χ1n) is 44.3. The van der Waals surface area contributed by atoms with E-state index in [1.165, 1.54) is 71.7 Å². The van der Waals surface area contributed by atoms with Gasteiger partial charge < -0.3 is 0 Å². The van der Waals surface area contributed by atoms with Crippen molar-refractivity contribution >= 4 is 134 Å². The molecule has 7 nitrogen and oxygen atoms in total. The van der Waals surface area contributed by atoms with Crippen molar-refractivity contribution in [2.24, 2.45) is 23.7 Å². The average molecular weight is 1600 g/mol. The van der Waals surface area contributed by atoms with Crippen LogP contribution in [-0.4, -0.2) is 35.1 Å². The third-order valence-electron chi connectivity index (χ3n) is 27.6. The number of aryl methyl sites for hydroxylation is 1. The molecule has 0 radical (unpaired) electrons. The van der Waals surface area contributed by atoms with Crippen LogP contribution in [0.3, 0.4) is 0 Å². The van der Waals surface area contributed by atoms with E-state index in [0.717, 1.165) is 139 Å². The van der Waals surface area contributed by atoms with E-state index in [4.69, 9.17) is 0 Å². The van der Waals surface area contributed by atoms with E-state index < -0.39 is 11.8 Å². The summed E-state index contributed by atoms with van der Waals surface area (Å²) in [7, 11) is 0. The van der Waals surface area contributed by atoms with Crippen LogP contribution in [0.15, 0.2) is 243 Å². The maximum absolute atomic E-state index is 14.9. The van der Waals surface area contributed by atoms with Gasteiger partial charge in [-0.05, 0) is 259 Å². The van der Waals surface area contributed by atoms with Gasteiger partial charge in [0, 0.05) is 50.4 Å². The summed E-state index contributed by atoms with van der Waals surface area (Å²) in [5.74, 6) is 0.543. The van der Waals surface area contributed by atoms with Gasteiger partial charge >= 0.3 is 0 Å². The largest absolute Gasteiger partial charge is 0.288 e. The molecule has 4 aliphatic rings. The summed E-state index contributed by atoms with van der Waals surface area (Å²) < 4.78 is 0. The zero-order valence-electron chi connectivity index (χ0n) is 71.7. The van der Waals surface area contributed by atoms with E-state index in [1.807, 2.05) is 60.7 Å². The number of hydrogen-bond donors (Lipinski definition) is 1. The lowest BCUT2D eigenvalue weighted by atomic mass is 9.66. The van der Waals surface area contributed by atoms with E-state index in [0.29, 0.717) is 75.1 Å². The summed E-state index contributed by atoms with van der Waals surface area (Å²) >= 11 is 0. The smallest absolute Gasteiger partial charge is 0.261 e. The van der Waals surface area contributed by atoms with Gasteiger partial charge in [0.25, 0.3) is 23.6 Å². The number of amides is 4. The number of carbonyl (C=O) groups is 4. The first-order chi connectivity index (χ1) is 59.9. The van der Waals surface area contributed by atoms with Gasteiger partial charge in [-0.1, -0.05) is 349 Å². The Labute approximate surface area is 723 Å². The number of nitrogens with zero attached hydrogens (tertiary/aromatic N) is 2. The highest BCUT2D eigenvalue weighted by molar-refractivity contribution is 6.41. The van der Waals surface area contributed by atoms with E-state index in [1.54, 1.807) is 12.1 Å². The van der Waals surface area contributed by atoms with Gasteiger partial charge in [0.15, 0.2) is 0 Å². The van der Waals surface area contributed by atoms with Crippen LogP contribution in [0.4, 0.5) is 0 Å². The third-order valence-corrected chi connectivity index (χ3v) is 27.6. The quantitative estimate of drug-likeness (QED) is 0.0227. The topological polar surface area (TPSA) is 107 Å². The molecule has 0 spiro atoms. The van der Waals surface area contributed by atoms with Crippen molar-refractivity contribution in [2.45, 2.75) is 130 Å². The van der Waals surface area contributed by atoms with Gasteiger partial charge in [0.2, 0.25) is 0 Å². The van der Waals surface area contributed by atoms with Gasteiger partial charge in [-0.25, -0.2) is 0 Å². The molecule has 18 rings (SSSR count). The van der Waals surface area contributed by atoms with Crippen molar-refractivity contribution in [2.75, 3.05) is 6.54 Å². The monoisotopic (exact) mass is 1600 g/mol. The van der Waals surface area contributed by atoms with Crippen molar-refractivity contribution in [3.8, 4) is 39.4 Å². The molecule has 0 saturated heterocycles. The van der Waals surface area contributed by atoms with Gasteiger partial charge in [0.05, 0.1) is 11.6 Å². The SMILES string of the molecule is C=Cc1ccc(/C=C/c2ccc(/C=C/c3ccc(/C=C/c4ccc(/C=C/c5ccc(/C=C/c6ccc7c(c6)C(CC(C)CC)(CC(C)CC)c6cc(-c8ccc9c(c8)C(CC(C)CC)(CC(C)CC)c8cc(CCCN%10C(=O)c%11ccc%12c%13ccc%14c%15c(ccc(c%16ccc(c%11c%12%16)C%10=O)c%15%13)C(=O)NC%14=O)ccc8-9)ccc6-7)cc5)cc4)cc3C#N)cc2)cc1. The molecule has 0 bridgehead atoms. The first kappa shape index (κ1) is 80.6. The second-order valence-electron chi connectivity index (χ2n) is 35.5. The number of fused-ring (bicyclic) bond motifs is 8. The van der Waals surface area contributed by atoms with Crippen LogP contribution in [0.25, 0.3) is 143 Å². The van der Waals surface area contributed by atoms with Crippen LogP contribution in [0.2, 0.25) is 0 Å². The second-order valence-corrected chi connectivity index (χ2v) is 35.5. The molecule has 4 unspecified atom stereocenters. The predicted molar refractivity (Wildman–Crippen MR) is 515 cm³/mol. The third kappa shape index (κ3) is 15.0. The van der Waals surface area contributed by atoms with E-state index >= 15 is 0 Å². The van der Waals surface area contributed by atoms with Crippen LogP contribution in [0.5, 0.6) is 0 Å². The Bertz CT molecular complexity index is 6650. The highest BCUT2D eigenvalue weighted by atomic mass is 16.2. The lowest BCUT2D eigenvalue weighted by Crippen LogP contribution is -2.41. The van der Waals surface area contributed by atoms with Crippen molar-refractivity contribution < 1.29 is 19.2 Å². The van der Waals surface area contributed by atoms with E-state index in [2.05, 4.69) is 304 Å². The number of nitriles is 1. The average Bonchev–Trinajstić information content (AvgIpc) is 1.29. The Morgan fingerprint density at radius 3 is 1.07 bits per heavy atom. The molecular formula is C116H103N3O4. The Morgan fingerprint density at radius 2 is 0.667 bits per heavy atom. The predicted octanol–water partition coefficient (Wildman–Crippen LogP) is 29.2. The number of hydrogen-bond acceptors (Lipinski definition) is 5. The minimum absolute atomic E-state index is 0.184. The Kier molecular flexibility index (Phi) is 22.0. The van der Waals surface area contributed by atoms with E-state index in [9.17, 15) is 24.4 Å². The van der Waals surface area contributed by atoms with Crippen LogP contribution in [-0.2, 0) is 17.3 Å². The van der Waals surface area contributed by atoms with Crippen LogP contribution in [0, 0.1) is 35.0 Å². The minimum Gasteiger partial charge on any atom is -0.288 e. The number of rotatable bonds is 28. The molecule has 2 aliphatic carbocycles. The van der Waals surface area contributed by atoms with Crippen LogP contribution < -0.4 is 5.32 Å². The molecule has 1 N–H and O–H groups in total. The number of imide groups is 2. The summed E-state index contributed by atoms with van der Waals surface area (Å²) in [6.45, 7) is 23.3. The van der Waals surface area contributed by atoms with E-state index in [-0.39, 0.29) is 29.2 Å². The van der Waals surface area contributed by atoms with Gasteiger partial charge in [0.1, 0.15) is 0 Å². The number of benzene rings is 14. The standard InChI is InChI=1S/C116H103N3O4/c1-10-72(6)67-115(68-73(7)11-2)103-63-84(16-15-61-119-113(122)101-59-55-97-95-53-57-99-109-100(112(121)118-111(99)120)58-54-96(107(95)109)98-56-60-102(114(119)123)110(101)108(97)98)43-49-91(103)93-51-47-88(65-105(93)115)89-48-52-94-92-50-44-86(64-104(92)116(106(94)66-89,69-74(8)12-3)70-75(9)13-4)40-38-82-31-27-79(28-32-82)24-23-78-25-29-81(30-26-78)37-39-85-42-46-87(90(62-85)71-117)45-41-83-35-33-80(34-36-83)22-21-77-19-17-76(14-5)18-20-77/h14,17-60,62-66,72-75H,5,10-13,15-16,61,67-70H2,1-4,6-9H3,(H,118,120,121)/b22-21+,24-23+,39-37+,40-38+,45-41+. The minimum atomic E-state index is -0.416. The lowest BCUT2D eigenvalue weighted by molar-refractivity contribution is 0.0607. The fraction of sp³-hybridized carbons (Fsp3) is 0.216. The molecule has 14 aromatic carbocycles. The second kappa shape index (κ2) is 33.5. The molecule has 0 fully saturated rings. The lowest BCUT2D eigenvalue weighted by Gasteiger charge is -2.37. The van der Waals surface area contributed by atoms with Gasteiger partial charge in [-0.2, -0.15) is 5.26 Å². The summed E-state index contributed by atoms with van der Waals surface area (Å²) in [4.78, 5) is 57.4. The molecule has 14 aromatic rings. The molecule has 4 atom stereocenters. The Hall–Kier alpha value is -13.4. The van der Waals surface area contributed by atoms with Gasteiger partial charge in [-0.3, -0.25) is 29.4 Å². The fourth-order valence-electron chi connectivity index (χ4n) is 20.3. The van der Waals surface area contributed by atoms with Crippen molar-refractivity contribution in [3.05, 3.63) is 360 Å². The van der Waals surface area contributed by atoms with Gasteiger partial charge in [-0.15, -0.1) is 0 Å². The molecule has 4 amide bonds. The zero-order valence-corrected chi connectivity index (χ0v) is 71.7. The highest BCUT2D eigenvalue weighted by Gasteiger charge is 2.47. The zero-order chi connectivity index (χ0) is 85.0.